The third-order valence-corrected chi connectivity index (χ3v) is 7.12. The minimum Gasteiger partial charge on any atom is -0.491 e. The molecule has 7 rings (SSSR count). The number of rotatable bonds is 7. The lowest BCUT2D eigenvalue weighted by Crippen LogP contribution is -2.25. The minimum absolute atomic E-state index is 0.649. The van der Waals surface area contributed by atoms with Crippen molar-refractivity contribution in [3.63, 3.8) is 0 Å². The van der Waals surface area contributed by atoms with E-state index in [1.165, 1.54) is 12.8 Å². The summed E-state index contributed by atoms with van der Waals surface area (Å²) in [5.74, 6) is 0.763. The second kappa shape index (κ2) is 9.68. The number of pyridine rings is 4. The van der Waals surface area contributed by atoms with E-state index >= 15 is 0 Å². The van der Waals surface area contributed by atoms with Crippen molar-refractivity contribution in [1.29, 1.82) is 0 Å². The first kappa shape index (κ1) is 22.6. The Bertz CT molecular complexity index is 1720. The van der Waals surface area contributed by atoms with E-state index in [4.69, 9.17) is 4.74 Å². The van der Waals surface area contributed by atoms with Crippen molar-refractivity contribution >= 4 is 22.1 Å². The molecule has 38 heavy (non-hydrogen) atoms. The van der Waals surface area contributed by atoms with Crippen LogP contribution in [0.25, 0.3) is 55.7 Å². The van der Waals surface area contributed by atoms with Crippen molar-refractivity contribution in [2.45, 2.75) is 12.8 Å². The lowest BCUT2D eigenvalue weighted by molar-refractivity contribution is 0.237. The van der Waals surface area contributed by atoms with Gasteiger partial charge in [-0.2, -0.15) is 5.10 Å². The quantitative estimate of drug-likeness (QED) is 0.313. The van der Waals surface area contributed by atoms with Gasteiger partial charge in [0.1, 0.15) is 18.0 Å². The van der Waals surface area contributed by atoms with Gasteiger partial charge in [0.25, 0.3) is 0 Å². The van der Waals surface area contributed by atoms with Gasteiger partial charge in [-0.05, 0) is 73.5 Å². The molecule has 0 saturated carbocycles. The first-order valence-electron chi connectivity index (χ1n) is 12.8. The van der Waals surface area contributed by atoms with Crippen LogP contribution in [0, 0.1) is 0 Å². The highest BCUT2D eigenvalue weighted by molar-refractivity contribution is 5.99. The van der Waals surface area contributed by atoms with Crippen LogP contribution < -0.4 is 4.74 Å². The van der Waals surface area contributed by atoms with E-state index in [-0.39, 0.29) is 0 Å². The summed E-state index contributed by atoms with van der Waals surface area (Å²) in [7, 11) is 0. The summed E-state index contributed by atoms with van der Waals surface area (Å²) in [4.78, 5) is 23.6. The summed E-state index contributed by atoms with van der Waals surface area (Å²) in [5.41, 5.74) is 7.29. The average Bonchev–Trinajstić information content (AvgIpc) is 3.73. The van der Waals surface area contributed by atoms with Gasteiger partial charge in [0.15, 0.2) is 5.65 Å². The van der Waals surface area contributed by atoms with Crippen LogP contribution in [0.2, 0.25) is 0 Å². The molecule has 0 atom stereocenters. The van der Waals surface area contributed by atoms with Gasteiger partial charge in [-0.25, -0.2) is 9.97 Å². The van der Waals surface area contributed by atoms with Crippen molar-refractivity contribution in [3.8, 4) is 39.4 Å². The fourth-order valence-corrected chi connectivity index (χ4v) is 5.16. The Morgan fingerprint density at radius 2 is 1.68 bits per heavy atom. The zero-order valence-corrected chi connectivity index (χ0v) is 20.8. The maximum absolute atomic E-state index is 6.02. The first-order chi connectivity index (χ1) is 18.8. The third-order valence-electron chi connectivity index (χ3n) is 7.12. The molecule has 1 saturated heterocycles. The van der Waals surface area contributed by atoms with E-state index in [2.05, 4.69) is 52.1 Å². The molecular weight excluding hydrogens is 476 g/mol. The molecule has 1 aliphatic rings. The first-order valence-corrected chi connectivity index (χ1v) is 12.8. The molecule has 9 nitrogen and oxygen atoms in total. The fourth-order valence-electron chi connectivity index (χ4n) is 5.16. The van der Waals surface area contributed by atoms with Crippen LogP contribution in [0.4, 0.5) is 0 Å². The highest BCUT2D eigenvalue weighted by Crippen LogP contribution is 2.34. The highest BCUT2D eigenvalue weighted by atomic mass is 16.5. The van der Waals surface area contributed by atoms with Crippen LogP contribution in [-0.2, 0) is 0 Å². The maximum Gasteiger partial charge on any atom is 0.181 e. The molecule has 188 valence electrons. The molecule has 1 aliphatic heterocycles. The zero-order chi connectivity index (χ0) is 25.3. The van der Waals surface area contributed by atoms with Crippen molar-refractivity contribution in [2.75, 3.05) is 26.2 Å². The van der Waals surface area contributed by atoms with Crippen LogP contribution in [0.3, 0.4) is 0 Å². The van der Waals surface area contributed by atoms with Crippen molar-refractivity contribution < 1.29 is 4.74 Å². The monoisotopic (exact) mass is 502 g/mol. The van der Waals surface area contributed by atoms with Crippen molar-refractivity contribution in [2.24, 2.45) is 0 Å². The molecule has 0 spiro atoms. The molecule has 0 bridgehead atoms. The number of likely N-dealkylation sites (tertiary alicyclic amines) is 1. The summed E-state index contributed by atoms with van der Waals surface area (Å²) >= 11 is 0. The number of ether oxygens (including phenoxy) is 1. The highest BCUT2D eigenvalue weighted by Gasteiger charge is 2.16. The van der Waals surface area contributed by atoms with Gasteiger partial charge in [0.05, 0.1) is 17.6 Å². The van der Waals surface area contributed by atoms with Crippen LogP contribution in [0.5, 0.6) is 5.75 Å². The fraction of sp³-hybridized carbons (Fsp3) is 0.207. The van der Waals surface area contributed by atoms with E-state index in [1.54, 1.807) is 18.6 Å². The number of aromatic nitrogens is 7. The Hall–Kier alpha value is -4.63. The molecule has 6 aromatic heterocycles. The van der Waals surface area contributed by atoms with Crippen LogP contribution in [0.1, 0.15) is 12.8 Å². The maximum atomic E-state index is 6.02. The molecule has 0 radical (unpaired) electrons. The Morgan fingerprint density at radius 1 is 0.816 bits per heavy atom. The lowest BCUT2D eigenvalue weighted by Gasteiger charge is -2.15. The van der Waals surface area contributed by atoms with Gasteiger partial charge in [-0.1, -0.05) is 0 Å². The van der Waals surface area contributed by atoms with Crippen LogP contribution in [0.15, 0.2) is 73.6 Å². The standard InChI is InChI=1S/C29H26N8O/c1-2-10-37(9-1)11-12-38-22-13-20(16-31-18-22)21-14-25-27(35-36-29(25)33-17-21)26-15-24-23(5-8-32-28(24)34-26)19-3-6-30-7-4-19/h3-8,13-18H,1-2,9-12H2,(H,32,34)(H,33,35,36). The number of aromatic amines is 2. The largest absolute Gasteiger partial charge is 0.491 e. The van der Waals surface area contributed by atoms with Crippen LogP contribution in [-0.4, -0.2) is 66.3 Å². The molecule has 6 aromatic rings. The number of nitrogens with zero attached hydrogens (tertiary/aromatic N) is 6. The van der Waals surface area contributed by atoms with Gasteiger partial charge in [0.2, 0.25) is 0 Å². The summed E-state index contributed by atoms with van der Waals surface area (Å²) in [5, 5.41) is 9.56. The normalized spacial score (nSPS) is 14.0. The summed E-state index contributed by atoms with van der Waals surface area (Å²) in [6.45, 7) is 3.93. The van der Waals surface area contributed by atoms with E-state index in [9.17, 15) is 0 Å². The Balaban J connectivity index is 1.20. The lowest BCUT2D eigenvalue weighted by atomic mass is 10.0. The number of H-pyrrole nitrogens is 2. The number of fused-ring (bicyclic) bond motifs is 2. The zero-order valence-electron chi connectivity index (χ0n) is 20.8. The Kier molecular flexibility index (Phi) is 5.75. The van der Waals surface area contributed by atoms with Gasteiger partial charge in [-0.3, -0.25) is 20.0 Å². The van der Waals surface area contributed by atoms with Gasteiger partial charge in [0, 0.05) is 59.4 Å². The Morgan fingerprint density at radius 3 is 2.58 bits per heavy atom. The van der Waals surface area contributed by atoms with Crippen molar-refractivity contribution in [1.82, 2.24) is 40.0 Å². The molecule has 0 unspecified atom stereocenters. The average molecular weight is 503 g/mol. The SMILES string of the molecule is c1cc(-c2ccnc3[nH]c(-c4[nH]nc5ncc(-c6cncc(OCCN7CCCC7)c6)cc45)cc23)ccn1. The predicted octanol–water partition coefficient (Wildman–Crippen LogP) is 5.10. The smallest absolute Gasteiger partial charge is 0.181 e. The predicted molar refractivity (Wildman–Crippen MR) is 147 cm³/mol. The number of hydrogen-bond acceptors (Lipinski definition) is 7. The van der Waals surface area contributed by atoms with Crippen LogP contribution >= 0.6 is 0 Å². The van der Waals surface area contributed by atoms with E-state index < -0.39 is 0 Å². The van der Waals surface area contributed by atoms with Gasteiger partial charge < -0.3 is 9.72 Å². The number of nitrogens with one attached hydrogen (secondary N) is 2. The molecule has 1 fully saturated rings. The molecule has 0 aliphatic carbocycles. The molecule has 0 aromatic carbocycles. The van der Waals surface area contributed by atoms with E-state index in [0.29, 0.717) is 12.3 Å². The summed E-state index contributed by atoms with van der Waals surface area (Å²) in [6, 6.07) is 12.2. The summed E-state index contributed by atoms with van der Waals surface area (Å²) < 4.78 is 6.02. The van der Waals surface area contributed by atoms with Gasteiger partial charge in [-0.15, -0.1) is 0 Å². The Labute approximate surface area is 219 Å². The second-order valence-electron chi connectivity index (χ2n) is 9.54. The van der Waals surface area contributed by atoms with E-state index in [1.807, 2.05) is 42.9 Å². The molecule has 9 heteroatoms. The molecule has 7 heterocycles. The molecular formula is C29H26N8O. The third kappa shape index (κ3) is 4.26. The summed E-state index contributed by atoms with van der Waals surface area (Å²) in [6.07, 6.45) is 13.4. The number of hydrogen-bond donors (Lipinski definition) is 2. The minimum atomic E-state index is 0.649. The topological polar surface area (TPSA) is 108 Å². The molecule has 2 N–H and O–H groups in total. The second-order valence-corrected chi connectivity index (χ2v) is 9.54. The van der Waals surface area contributed by atoms with Crippen molar-refractivity contribution in [3.05, 3.63) is 73.6 Å². The van der Waals surface area contributed by atoms with E-state index in [0.717, 1.165) is 75.4 Å². The van der Waals surface area contributed by atoms with Gasteiger partial charge >= 0.3 is 0 Å². The molecule has 0 amide bonds.